The highest BCUT2D eigenvalue weighted by atomic mass is 35.5. The van der Waals surface area contributed by atoms with E-state index in [1.54, 1.807) is 18.0 Å². The highest BCUT2D eigenvalue weighted by Gasteiger charge is 2.20. The maximum Gasteiger partial charge on any atom is 0.282 e. The number of halogens is 1. The summed E-state index contributed by atoms with van der Waals surface area (Å²) in [5.41, 5.74) is 0.220. The van der Waals surface area contributed by atoms with E-state index in [1.807, 2.05) is 6.92 Å². The average Bonchev–Trinajstić information content (AvgIpc) is 3.17. The second-order valence-electron chi connectivity index (χ2n) is 6.49. The molecule has 2 heterocycles. The van der Waals surface area contributed by atoms with E-state index in [0.29, 0.717) is 36.3 Å². The molecular weight excluding hydrogens is 458 g/mol. The van der Waals surface area contributed by atoms with Crippen LogP contribution in [0.1, 0.15) is 17.3 Å². The van der Waals surface area contributed by atoms with Crippen molar-refractivity contribution in [2.24, 2.45) is 0 Å². The third-order valence-electron chi connectivity index (χ3n) is 4.36. The van der Waals surface area contributed by atoms with Gasteiger partial charge < -0.3 is 15.4 Å². The van der Waals surface area contributed by atoms with Gasteiger partial charge in [0.1, 0.15) is 11.4 Å². The molecule has 170 valence electrons. The average molecular weight is 480 g/mol. The molecule has 0 fully saturated rings. The molecule has 0 saturated heterocycles. The summed E-state index contributed by atoms with van der Waals surface area (Å²) in [7, 11) is 1.62. The Bertz CT molecular complexity index is 1120. The van der Waals surface area contributed by atoms with Crippen LogP contribution in [0, 0.1) is 10.1 Å². The van der Waals surface area contributed by atoms with E-state index in [9.17, 15) is 14.9 Å². The van der Waals surface area contributed by atoms with Crippen LogP contribution >= 0.6 is 23.4 Å². The number of nitrogens with zero attached hydrogens (tertiary/aromatic N) is 5. The number of hydrogen-bond donors (Lipinski definition) is 2. The van der Waals surface area contributed by atoms with Crippen molar-refractivity contribution in [1.29, 1.82) is 0 Å². The molecule has 2 N–H and O–H groups in total. The van der Waals surface area contributed by atoms with Crippen LogP contribution in [-0.4, -0.2) is 63.1 Å². The number of anilines is 1. The van der Waals surface area contributed by atoms with Gasteiger partial charge in [-0.15, -0.1) is 0 Å². The molecule has 0 radical (unpaired) electrons. The number of amides is 1. The van der Waals surface area contributed by atoms with E-state index >= 15 is 0 Å². The maximum atomic E-state index is 12.5. The highest BCUT2D eigenvalue weighted by molar-refractivity contribution is 7.99. The smallest absolute Gasteiger partial charge is 0.282 e. The summed E-state index contributed by atoms with van der Waals surface area (Å²) < 4.78 is 6.74. The molecule has 13 heteroatoms. The van der Waals surface area contributed by atoms with Gasteiger partial charge in [0.2, 0.25) is 0 Å². The summed E-state index contributed by atoms with van der Waals surface area (Å²) in [6, 6.07) is 3.86. The summed E-state index contributed by atoms with van der Waals surface area (Å²) in [5, 5.41) is 23.1. The summed E-state index contributed by atoms with van der Waals surface area (Å²) in [5.74, 6) is 0.883. The zero-order chi connectivity index (χ0) is 23.1. The predicted molar refractivity (Wildman–Crippen MR) is 123 cm³/mol. The first-order valence-electron chi connectivity index (χ1n) is 9.75. The van der Waals surface area contributed by atoms with E-state index < -0.39 is 10.8 Å². The highest BCUT2D eigenvalue weighted by Crippen LogP contribution is 2.25. The van der Waals surface area contributed by atoms with Gasteiger partial charge in [-0.3, -0.25) is 14.9 Å². The van der Waals surface area contributed by atoms with Crippen LogP contribution in [0.15, 0.2) is 29.6 Å². The van der Waals surface area contributed by atoms with Crippen molar-refractivity contribution in [2.45, 2.75) is 18.6 Å². The van der Waals surface area contributed by atoms with Gasteiger partial charge in [0, 0.05) is 31.3 Å². The Balaban J connectivity index is 1.76. The quantitative estimate of drug-likeness (QED) is 0.140. The molecule has 0 atom stereocenters. The number of nitrogens with one attached hydrogen (secondary N) is 2. The summed E-state index contributed by atoms with van der Waals surface area (Å²) in [6.07, 6.45) is 1.66. The number of nitro groups is 1. The Kier molecular flexibility index (Phi) is 8.20. The van der Waals surface area contributed by atoms with Crippen LogP contribution in [0.25, 0.3) is 11.0 Å². The first kappa shape index (κ1) is 23.7. The minimum absolute atomic E-state index is 0.0959. The molecule has 32 heavy (non-hydrogen) atoms. The Hall–Kier alpha value is -2.96. The number of ether oxygens (including phenoxy) is 1. The number of nitro benzene ring substituents is 1. The molecule has 3 rings (SSSR count). The SMILES string of the molecule is CCSc1nc(NCCOC)c2cnn(CCNC(=O)c3cc(Cl)ccc3[N+](=O)[O-])c2n1. The standard InChI is InChI=1S/C19H22ClN7O4S/c1-3-32-19-24-16(21-7-9-31-2)14-11-23-26(17(14)25-19)8-6-22-18(28)13-10-12(20)4-5-15(13)27(29)30/h4-5,10-11H,3,6-9H2,1-2H3,(H,22,28)(H,21,24,25). The molecule has 2 aromatic heterocycles. The van der Waals surface area contributed by atoms with Crippen LogP contribution in [-0.2, 0) is 11.3 Å². The number of carbonyl (C=O) groups is 1. The lowest BCUT2D eigenvalue weighted by molar-refractivity contribution is -0.385. The van der Waals surface area contributed by atoms with Crippen LogP contribution in [0.4, 0.5) is 11.5 Å². The van der Waals surface area contributed by atoms with Crippen molar-refractivity contribution < 1.29 is 14.5 Å². The van der Waals surface area contributed by atoms with Crippen molar-refractivity contribution in [3.8, 4) is 0 Å². The first-order chi connectivity index (χ1) is 15.4. The minimum Gasteiger partial charge on any atom is -0.383 e. The summed E-state index contributed by atoms with van der Waals surface area (Å²) in [6.45, 7) is 3.62. The van der Waals surface area contributed by atoms with Gasteiger partial charge in [-0.1, -0.05) is 30.3 Å². The number of carbonyl (C=O) groups excluding carboxylic acids is 1. The molecule has 0 unspecified atom stereocenters. The van der Waals surface area contributed by atoms with Crippen LogP contribution in [0.5, 0.6) is 0 Å². The number of rotatable bonds is 11. The van der Waals surface area contributed by atoms with Crippen LogP contribution < -0.4 is 10.6 Å². The van der Waals surface area contributed by atoms with Gasteiger partial charge in [0.05, 0.1) is 29.7 Å². The minimum atomic E-state index is -0.617. The van der Waals surface area contributed by atoms with Gasteiger partial charge >= 0.3 is 0 Å². The number of benzene rings is 1. The topological polar surface area (TPSA) is 137 Å². The number of methoxy groups -OCH3 is 1. The number of fused-ring (bicyclic) bond motifs is 1. The molecule has 0 spiro atoms. The van der Waals surface area contributed by atoms with E-state index in [-0.39, 0.29) is 22.8 Å². The van der Waals surface area contributed by atoms with Crippen LogP contribution in [0.3, 0.4) is 0 Å². The Morgan fingerprint density at radius 1 is 1.34 bits per heavy atom. The fourth-order valence-corrected chi connectivity index (χ4v) is 3.66. The van der Waals surface area contributed by atoms with E-state index in [1.165, 1.54) is 30.0 Å². The molecule has 0 aliphatic carbocycles. The van der Waals surface area contributed by atoms with E-state index in [0.717, 1.165) is 11.1 Å². The van der Waals surface area contributed by atoms with Crippen molar-refractivity contribution in [2.75, 3.05) is 37.9 Å². The fraction of sp³-hybridized carbons (Fsp3) is 0.368. The number of aromatic nitrogens is 4. The predicted octanol–water partition coefficient (Wildman–Crippen LogP) is 2.99. The van der Waals surface area contributed by atoms with Crippen molar-refractivity contribution in [3.05, 3.63) is 45.1 Å². The lowest BCUT2D eigenvalue weighted by Gasteiger charge is -2.10. The van der Waals surface area contributed by atoms with Crippen molar-refractivity contribution in [1.82, 2.24) is 25.1 Å². The lowest BCUT2D eigenvalue weighted by Crippen LogP contribution is -2.28. The molecule has 0 bridgehead atoms. The molecular formula is C19H22ClN7O4S. The lowest BCUT2D eigenvalue weighted by atomic mass is 10.1. The van der Waals surface area contributed by atoms with Gasteiger partial charge in [-0.25, -0.2) is 14.6 Å². The van der Waals surface area contributed by atoms with Gasteiger partial charge in [-0.2, -0.15) is 5.10 Å². The molecule has 3 aromatic rings. The first-order valence-corrected chi connectivity index (χ1v) is 11.1. The third kappa shape index (κ3) is 5.64. The second kappa shape index (κ2) is 11.1. The normalized spacial score (nSPS) is 11.0. The Morgan fingerprint density at radius 3 is 2.88 bits per heavy atom. The number of hydrogen-bond acceptors (Lipinski definition) is 9. The summed E-state index contributed by atoms with van der Waals surface area (Å²) in [4.78, 5) is 32.2. The van der Waals surface area contributed by atoms with Gasteiger partial charge in [0.15, 0.2) is 10.8 Å². The van der Waals surface area contributed by atoms with Crippen molar-refractivity contribution >= 4 is 51.8 Å². The number of thioether (sulfide) groups is 1. The zero-order valence-electron chi connectivity index (χ0n) is 17.5. The Morgan fingerprint density at radius 2 is 2.16 bits per heavy atom. The van der Waals surface area contributed by atoms with Crippen molar-refractivity contribution in [3.63, 3.8) is 0 Å². The molecule has 0 aliphatic heterocycles. The molecule has 1 aromatic carbocycles. The molecule has 11 nitrogen and oxygen atoms in total. The maximum absolute atomic E-state index is 12.5. The van der Waals surface area contributed by atoms with Crippen LogP contribution in [0.2, 0.25) is 5.02 Å². The second-order valence-corrected chi connectivity index (χ2v) is 8.15. The Labute approximate surface area is 193 Å². The monoisotopic (exact) mass is 479 g/mol. The fourth-order valence-electron chi connectivity index (χ4n) is 2.92. The molecule has 0 saturated carbocycles. The van der Waals surface area contributed by atoms with Gasteiger partial charge in [0.25, 0.3) is 11.6 Å². The summed E-state index contributed by atoms with van der Waals surface area (Å²) >= 11 is 7.41. The zero-order valence-corrected chi connectivity index (χ0v) is 19.1. The molecule has 0 aliphatic rings. The third-order valence-corrected chi connectivity index (χ3v) is 5.32. The van der Waals surface area contributed by atoms with Gasteiger partial charge in [-0.05, 0) is 17.9 Å². The molecule has 1 amide bonds. The largest absolute Gasteiger partial charge is 0.383 e. The van der Waals surface area contributed by atoms with E-state index in [4.69, 9.17) is 16.3 Å². The van der Waals surface area contributed by atoms with E-state index in [2.05, 4.69) is 25.7 Å².